The van der Waals surface area contributed by atoms with E-state index >= 15 is 0 Å². The number of unbranched alkanes of at least 4 members (excludes halogenated alkanes) is 1. The Balaban J connectivity index is 1.90. The lowest BCUT2D eigenvalue weighted by molar-refractivity contribution is -0.123. The van der Waals surface area contributed by atoms with Crippen molar-refractivity contribution in [1.82, 2.24) is 14.9 Å². The predicted octanol–water partition coefficient (Wildman–Crippen LogP) is 1.25. The Bertz CT molecular complexity index is 818. The van der Waals surface area contributed by atoms with Crippen LogP contribution in [0.2, 0.25) is 0 Å². The number of hydrogen-bond acceptors (Lipinski definition) is 6. The maximum Gasteiger partial charge on any atom is 0.338 e. The minimum atomic E-state index is -3.66. The molecule has 0 saturated carbocycles. The van der Waals surface area contributed by atoms with Crippen molar-refractivity contribution in [3.05, 3.63) is 29.8 Å². The topological polar surface area (TPSA) is 122 Å². The molecule has 1 aliphatic rings. The molecule has 2 rings (SSSR count). The van der Waals surface area contributed by atoms with E-state index in [4.69, 9.17) is 4.74 Å². The van der Waals surface area contributed by atoms with E-state index in [1.807, 2.05) is 12.2 Å². The zero-order valence-electron chi connectivity index (χ0n) is 15.8. The maximum atomic E-state index is 12.6. The summed E-state index contributed by atoms with van der Waals surface area (Å²) in [5.41, 5.74) is 0.0143. The zero-order chi connectivity index (χ0) is 20.6. The van der Waals surface area contributed by atoms with Crippen LogP contribution in [0, 0.1) is 0 Å². The SMILES string of the molecule is CCCCNC(=O)NC(=O)COC(=O)c1cccc(S(=O)(=O)N2CCCC2)c1. The molecule has 0 aliphatic carbocycles. The van der Waals surface area contributed by atoms with Crippen molar-refractivity contribution in [3.8, 4) is 0 Å². The molecule has 0 bridgehead atoms. The van der Waals surface area contributed by atoms with Crippen molar-refractivity contribution < 1.29 is 27.5 Å². The van der Waals surface area contributed by atoms with Gasteiger partial charge in [0, 0.05) is 19.6 Å². The lowest BCUT2D eigenvalue weighted by Gasteiger charge is -2.15. The van der Waals surface area contributed by atoms with Crippen molar-refractivity contribution in [3.63, 3.8) is 0 Å². The number of carbonyl (C=O) groups excluding carboxylic acids is 3. The van der Waals surface area contributed by atoms with E-state index in [1.54, 1.807) is 0 Å². The van der Waals surface area contributed by atoms with Gasteiger partial charge in [0.05, 0.1) is 10.5 Å². The summed E-state index contributed by atoms with van der Waals surface area (Å²) in [5.74, 6) is -1.62. The van der Waals surface area contributed by atoms with E-state index in [0.717, 1.165) is 25.7 Å². The van der Waals surface area contributed by atoms with Gasteiger partial charge in [0.2, 0.25) is 10.0 Å². The van der Waals surface area contributed by atoms with Gasteiger partial charge in [0.1, 0.15) is 0 Å². The first kappa shape index (κ1) is 21.8. The highest BCUT2D eigenvalue weighted by Crippen LogP contribution is 2.21. The summed E-state index contributed by atoms with van der Waals surface area (Å²) in [6.07, 6.45) is 3.30. The van der Waals surface area contributed by atoms with E-state index in [9.17, 15) is 22.8 Å². The quantitative estimate of drug-likeness (QED) is 0.490. The molecular weight excluding hydrogens is 386 g/mol. The van der Waals surface area contributed by atoms with Crippen LogP contribution >= 0.6 is 0 Å². The molecule has 1 heterocycles. The van der Waals surface area contributed by atoms with E-state index < -0.39 is 34.5 Å². The van der Waals surface area contributed by atoms with Crippen LogP contribution in [-0.2, 0) is 19.6 Å². The molecule has 3 amide bonds. The van der Waals surface area contributed by atoms with Crippen LogP contribution in [0.3, 0.4) is 0 Å². The summed E-state index contributed by atoms with van der Waals surface area (Å²) in [4.78, 5) is 35.3. The van der Waals surface area contributed by atoms with Gasteiger partial charge in [-0.1, -0.05) is 19.4 Å². The molecular formula is C18H25N3O6S. The summed E-state index contributed by atoms with van der Waals surface area (Å²) in [6.45, 7) is 2.67. The van der Waals surface area contributed by atoms with Crippen LogP contribution in [0.5, 0.6) is 0 Å². The second-order valence-corrected chi connectivity index (χ2v) is 8.31. The highest BCUT2D eigenvalue weighted by atomic mass is 32.2. The van der Waals surface area contributed by atoms with Gasteiger partial charge in [0.15, 0.2) is 6.61 Å². The van der Waals surface area contributed by atoms with Crippen LogP contribution < -0.4 is 10.6 Å². The van der Waals surface area contributed by atoms with E-state index in [2.05, 4.69) is 5.32 Å². The van der Waals surface area contributed by atoms with Crippen LogP contribution in [0.25, 0.3) is 0 Å². The monoisotopic (exact) mass is 411 g/mol. The molecule has 1 aromatic carbocycles. The molecule has 0 aromatic heterocycles. The largest absolute Gasteiger partial charge is 0.452 e. The number of imide groups is 1. The van der Waals surface area contributed by atoms with Crippen LogP contribution in [0.1, 0.15) is 43.0 Å². The number of sulfonamides is 1. The third kappa shape index (κ3) is 6.03. The fourth-order valence-electron chi connectivity index (χ4n) is 2.66. The highest BCUT2D eigenvalue weighted by molar-refractivity contribution is 7.89. The first-order valence-corrected chi connectivity index (χ1v) is 10.6. The molecule has 1 fully saturated rings. The van der Waals surface area contributed by atoms with Gasteiger partial charge in [-0.3, -0.25) is 10.1 Å². The lowest BCUT2D eigenvalue weighted by atomic mass is 10.2. The number of carbonyl (C=O) groups is 3. The fourth-order valence-corrected chi connectivity index (χ4v) is 4.22. The van der Waals surface area contributed by atoms with E-state index in [-0.39, 0.29) is 10.5 Å². The number of hydrogen-bond donors (Lipinski definition) is 2. The second kappa shape index (κ2) is 10.2. The minimum absolute atomic E-state index is 0.00334. The Morgan fingerprint density at radius 3 is 2.57 bits per heavy atom. The molecule has 1 aliphatic heterocycles. The molecule has 0 spiro atoms. The van der Waals surface area contributed by atoms with Gasteiger partial charge in [-0.25, -0.2) is 18.0 Å². The predicted molar refractivity (Wildman–Crippen MR) is 101 cm³/mol. The van der Waals surface area contributed by atoms with Crippen LogP contribution in [0.4, 0.5) is 4.79 Å². The molecule has 2 N–H and O–H groups in total. The molecule has 10 heteroatoms. The van der Waals surface area contributed by atoms with Gasteiger partial charge in [-0.15, -0.1) is 0 Å². The van der Waals surface area contributed by atoms with Gasteiger partial charge in [-0.2, -0.15) is 4.31 Å². The summed E-state index contributed by atoms with van der Waals surface area (Å²) >= 11 is 0. The van der Waals surface area contributed by atoms with Crippen molar-refractivity contribution in [2.45, 2.75) is 37.5 Å². The zero-order valence-corrected chi connectivity index (χ0v) is 16.6. The van der Waals surface area contributed by atoms with Gasteiger partial charge < -0.3 is 10.1 Å². The molecule has 1 saturated heterocycles. The molecule has 0 unspecified atom stereocenters. The van der Waals surface area contributed by atoms with Crippen molar-refractivity contribution in [2.24, 2.45) is 0 Å². The third-order valence-electron chi connectivity index (χ3n) is 4.18. The van der Waals surface area contributed by atoms with Gasteiger partial charge in [-0.05, 0) is 37.5 Å². The highest BCUT2D eigenvalue weighted by Gasteiger charge is 2.27. The maximum absolute atomic E-state index is 12.6. The minimum Gasteiger partial charge on any atom is -0.452 e. The first-order valence-electron chi connectivity index (χ1n) is 9.19. The molecule has 154 valence electrons. The second-order valence-electron chi connectivity index (χ2n) is 6.37. The Morgan fingerprint density at radius 2 is 1.89 bits per heavy atom. The summed E-state index contributed by atoms with van der Waals surface area (Å²) in [6, 6.07) is 4.83. The molecule has 0 radical (unpaired) electrons. The standard InChI is InChI=1S/C18H25N3O6S/c1-2-3-9-19-18(24)20-16(22)13-27-17(23)14-7-6-8-15(12-14)28(25,26)21-10-4-5-11-21/h6-8,12H,2-5,9-11,13H2,1H3,(H2,19,20,22,24). The van der Waals surface area contributed by atoms with Crippen molar-refractivity contribution >= 4 is 27.9 Å². The van der Waals surface area contributed by atoms with Gasteiger partial charge in [0.25, 0.3) is 5.91 Å². The summed E-state index contributed by atoms with van der Waals surface area (Å²) in [5, 5.41) is 4.55. The molecule has 1 aromatic rings. The average Bonchev–Trinajstić information content (AvgIpc) is 3.22. The first-order chi connectivity index (χ1) is 13.3. The van der Waals surface area contributed by atoms with Crippen molar-refractivity contribution in [1.29, 1.82) is 0 Å². The number of nitrogens with zero attached hydrogens (tertiary/aromatic N) is 1. The Labute approximate surface area is 164 Å². The normalized spacial score (nSPS) is 14.5. The number of benzene rings is 1. The molecule has 9 nitrogen and oxygen atoms in total. The average molecular weight is 411 g/mol. The number of nitrogens with one attached hydrogen (secondary N) is 2. The van der Waals surface area contributed by atoms with E-state index in [1.165, 1.54) is 28.6 Å². The number of amides is 3. The van der Waals surface area contributed by atoms with E-state index in [0.29, 0.717) is 19.6 Å². The van der Waals surface area contributed by atoms with Crippen LogP contribution in [-0.4, -0.2) is 56.9 Å². The van der Waals surface area contributed by atoms with Crippen molar-refractivity contribution in [2.75, 3.05) is 26.2 Å². The smallest absolute Gasteiger partial charge is 0.338 e. The summed E-state index contributed by atoms with van der Waals surface area (Å²) < 4.78 is 31.4. The lowest BCUT2D eigenvalue weighted by Crippen LogP contribution is -2.41. The number of rotatable bonds is 8. The Kier molecular flexibility index (Phi) is 7.94. The molecule has 28 heavy (non-hydrogen) atoms. The fraction of sp³-hybridized carbons (Fsp3) is 0.500. The molecule has 0 atom stereocenters. The summed E-state index contributed by atoms with van der Waals surface area (Å²) in [7, 11) is -3.66. The van der Waals surface area contributed by atoms with Gasteiger partial charge >= 0.3 is 12.0 Å². The number of ether oxygens (including phenoxy) is 1. The van der Waals surface area contributed by atoms with Crippen LogP contribution in [0.15, 0.2) is 29.2 Å². The third-order valence-corrected chi connectivity index (χ3v) is 6.07. The Hall–Kier alpha value is -2.46. The Morgan fingerprint density at radius 1 is 1.18 bits per heavy atom. The number of urea groups is 1. The number of esters is 1.